The zero-order chi connectivity index (χ0) is 13.6. The minimum absolute atomic E-state index is 0.224. The summed E-state index contributed by atoms with van der Waals surface area (Å²) >= 11 is 0. The lowest BCUT2D eigenvalue weighted by molar-refractivity contribution is 0.478. The quantitative estimate of drug-likeness (QED) is 0.794. The Morgan fingerprint density at radius 3 is 2.39 bits per heavy atom. The van der Waals surface area contributed by atoms with E-state index >= 15 is 0 Å². The van der Waals surface area contributed by atoms with Crippen LogP contribution >= 0.6 is 0 Å². The molecule has 0 saturated carbocycles. The second kappa shape index (κ2) is 6.87. The molecule has 1 rings (SSSR count). The van der Waals surface area contributed by atoms with E-state index in [1.165, 1.54) is 0 Å². The predicted molar refractivity (Wildman–Crippen MR) is 73.6 cm³/mol. The van der Waals surface area contributed by atoms with Gasteiger partial charge in [0.1, 0.15) is 0 Å². The molecule has 4 nitrogen and oxygen atoms in total. The molecule has 0 aliphatic carbocycles. The van der Waals surface area contributed by atoms with Crippen LogP contribution in [0.2, 0.25) is 0 Å². The van der Waals surface area contributed by atoms with Crippen LogP contribution < -0.4 is 10.5 Å². The molecule has 0 spiro atoms. The van der Waals surface area contributed by atoms with Gasteiger partial charge in [0.25, 0.3) is 0 Å². The van der Waals surface area contributed by atoms with Crippen molar-refractivity contribution in [3.05, 3.63) is 29.8 Å². The summed E-state index contributed by atoms with van der Waals surface area (Å²) < 4.78 is 27.0. The van der Waals surface area contributed by atoms with Crippen LogP contribution in [-0.2, 0) is 16.6 Å². The fourth-order valence-corrected chi connectivity index (χ4v) is 3.18. The first-order valence-electron chi connectivity index (χ1n) is 6.32. The number of benzene rings is 1. The van der Waals surface area contributed by atoms with Crippen molar-refractivity contribution in [2.75, 3.05) is 6.54 Å². The molecular formula is C13H22N2O2S. The SMILES string of the molecule is CCC(CC)CNS(=O)(=O)c1ccccc1CN. The number of nitrogens with one attached hydrogen (secondary N) is 1. The number of hydrogen-bond acceptors (Lipinski definition) is 3. The summed E-state index contributed by atoms with van der Waals surface area (Å²) in [6.07, 6.45) is 1.94. The maximum absolute atomic E-state index is 12.2. The van der Waals surface area contributed by atoms with Crippen LogP contribution in [0.3, 0.4) is 0 Å². The third kappa shape index (κ3) is 3.80. The molecule has 0 unspecified atom stereocenters. The lowest BCUT2D eigenvalue weighted by Crippen LogP contribution is -2.30. The minimum Gasteiger partial charge on any atom is -0.326 e. The van der Waals surface area contributed by atoms with E-state index in [2.05, 4.69) is 18.6 Å². The van der Waals surface area contributed by atoms with Gasteiger partial charge in [-0.15, -0.1) is 0 Å². The molecule has 0 radical (unpaired) electrons. The van der Waals surface area contributed by atoms with Gasteiger partial charge >= 0.3 is 0 Å². The molecule has 0 amide bonds. The van der Waals surface area contributed by atoms with Crippen molar-refractivity contribution in [1.82, 2.24) is 4.72 Å². The zero-order valence-electron chi connectivity index (χ0n) is 11.0. The lowest BCUT2D eigenvalue weighted by atomic mass is 10.0. The largest absolute Gasteiger partial charge is 0.326 e. The summed E-state index contributed by atoms with van der Waals surface area (Å²) in [7, 11) is -3.45. The third-order valence-electron chi connectivity index (χ3n) is 3.20. The van der Waals surface area contributed by atoms with Crippen LogP contribution in [0.15, 0.2) is 29.2 Å². The van der Waals surface area contributed by atoms with Gasteiger partial charge in [-0.25, -0.2) is 13.1 Å². The zero-order valence-corrected chi connectivity index (χ0v) is 11.8. The molecule has 1 aromatic rings. The summed E-state index contributed by atoms with van der Waals surface area (Å²) in [4.78, 5) is 0.290. The van der Waals surface area contributed by atoms with E-state index in [9.17, 15) is 8.42 Å². The summed E-state index contributed by atoms with van der Waals surface area (Å²) in [6.45, 7) is 4.84. The summed E-state index contributed by atoms with van der Waals surface area (Å²) in [5.41, 5.74) is 6.21. The lowest BCUT2D eigenvalue weighted by Gasteiger charge is -2.15. The van der Waals surface area contributed by atoms with Crippen molar-refractivity contribution < 1.29 is 8.42 Å². The normalized spacial score (nSPS) is 12.0. The van der Waals surface area contributed by atoms with E-state index in [-0.39, 0.29) is 6.54 Å². The van der Waals surface area contributed by atoms with Crippen molar-refractivity contribution in [1.29, 1.82) is 0 Å². The number of rotatable bonds is 7. The molecule has 0 aromatic heterocycles. The molecule has 18 heavy (non-hydrogen) atoms. The van der Waals surface area contributed by atoms with E-state index < -0.39 is 10.0 Å². The van der Waals surface area contributed by atoms with Gasteiger partial charge in [-0.1, -0.05) is 44.9 Å². The first-order valence-corrected chi connectivity index (χ1v) is 7.81. The topological polar surface area (TPSA) is 72.2 Å². The van der Waals surface area contributed by atoms with E-state index in [0.29, 0.717) is 22.9 Å². The maximum Gasteiger partial charge on any atom is 0.240 e. The number of nitrogens with two attached hydrogens (primary N) is 1. The van der Waals surface area contributed by atoms with Crippen molar-refractivity contribution >= 4 is 10.0 Å². The van der Waals surface area contributed by atoms with Gasteiger partial charge < -0.3 is 5.73 Å². The van der Waals surface area contributed by atoms with Gasteiger partial charge in [-0.2, -0.15) is 0 Å². The fraction of sp³-hybridized carbons (Fsp3) is 0.538. The molecule has 0 saturated heterocycles. The Morgan fingerprint density at radius 1 is 1.22 bits per heavy atom. The van der Waals surface area contributed by atoms with E-state index in [1.54, 1.807) is 24.3 Å². The fourth-order valence-electron chi connectivity index (χ4n) is 1.82. The molecule has 0 aliphatic heterocycles. The second-order valence-corrected chi connectivity index (χ2v) is 6.08. The molecule has 1 aromatic carbocycles. The Labute approximate surface area is 110 Å². The summed E-state index contributed by atoms with van der Waals surface area (Å²) in [6, 6.07) is 6.84. The Morgan fingerprint density at radius 2 is 1.83 bits per heavy atom. The molecule has 5 heteroatoms. The molecule has 102 valence electrons. The summed E-state index contributed by atoms with van der Waals surface area (Å²) in [5.74, 6) is 0.379. The summed E-state index contributed by atoms with van der Waals surface area (Å²) in [5, 5.41) is 0. The van der Waals surface area contributed by atoms with E-state index in [4.69, 9.17) is 5.73 Å². The molecule has 0 fully saturated rings. The first kappa shape index (κ1) is 15.1. The van der Waals surface area contributed by atoms with Crippen LogP contribution in [-0.4, -0.2) is 15.0 Å². The Bertz CT molecular complexity index is 468. The van der Waals surface area contributed by atoms with Gasteiger partial charge in [0.2, 0.25) is 10.0 Å². The van der Waals surface area contributed by atoms with Crippen molar-refractivity contribution in [2.45, 2.75) is 38.1 Å². The predicted octanol–water partition coefficient (Wildman–Crippen LogP) is 1.86. The Kier molecular flexibility index (Phi) is 5.78. The molecule has 0 bridgehead atoms. The van der Waals surface area contributed by atoms with Crippen LogP contribution in [0.25, 0.3) is 0 Å². The van der Waals surface area contributed by atoms with E-state index in [0.717, 1.165) is 12.8 Å². The van der Waals surface area contributed by atoms with Crippen molar-refractivity contribution in [2.24, 2.45) is 11.7 Å². The third-order valence-corrected chi connectivity index (χ3v) is 4.72. The molecular weight excluding hydrogens is 248 g/mol. The molecule has 3 N–H and O–H groups in total. The van der Waals surface area contributed by atoms with Crippen LogP contribution in [0, 0.1) is 5.92 Å². The first-order chi connectivity index (χ1) is 8.55. The van der Waals surface area contributed by atoms with E-state index in [1.807, 2.05) is 0 Å². The standard InChI is InChI=1S/C13H22N2O2S/c1-3-11(4-2)10-15-18(16,17)13-8-6-5-7-12(13)9-14/h5-8,11,15H,3-4,9-10,14H2,1-2H3. The van der Waals surface area contributed by atoms with Gasteiger partial charge in [-0.3, -0.25) is 0 Å². The average Bonchev–Trinajstić information content (AvgIpc) is 2.39. The number of hydrogen-bond donors (Lipinski definition) is 2. The highest BCUT2D eigenvalue weighted by atomic mass is 32.2. The van der Waals surface area contributed by atoms with Gasteiger partial charge in [0.15, 0.2) is 0 Å². The Hall–Kier alpha value is -0.910. The highest BCUT2D eigenvalue weighted by Crippen LogP contribution is 2.15. The minimum atomic E-state index is -3.45. The highest BCUT2D eigenvalue weighted by Gasteiger charge is 2.18. The van der Waals surface area contributed by atoms with Gasteiger partial charge in [0.05, 0.1) is 4.90 Å². The molecule has 0 heterocycles. The van der Waals surface area contributed by atoms with Crippen molar-refractivity contribution in [3.8, 4) is 0 Å². The monoisotopic (exact) mass is 270 g/mol. The maximum atomic E-state index is 12.2. The number of sulfonamides is 1. The van der Waals surface area contributed by atoms with Crippen LogP contribution in [0.1, 0.15) is 32.3 Å². The molecule has 0 aliphatic rings. The van der Waals surface area contributed by atoms with Crippen LogP contribution in [0.4, 0.5) is 0 Å². The average molecular weight is 270 g/mol. The molecule has 0 atom stereocenters. The van der Waals surface area contributed by atoms with Crippen LogP contribution in [0.5, 0.6) is 0 Å². The second-order valence-electron chi connectivity index (χ2n) is 4.35. The van der Waals surface area contributed by atoms with Crippen molar-refractivity contribution in [3.63, 3.8) is 0 Å². The highest BCUT2D eigenvalue weighted by molar-refractivity contribution is 7.89. The van der Waals surface area contributed by atoms with Gasteiger partial charge in [-0.05, 0) is 17.5 Å². The van der Waals surface area contributed by atoms with Gasteiger partial charge in [0, 0.05) is 13.1 Å². The Balaban J connectivity index is 2.86. The smallest absolute Gasteiger partial charge is 0.240 e.